The molecule has 1 amide bonds. The van der Waals surface area contributed by atoms with Crippen molar-refractivity contribution in [2.75, 3.05) is 26.2 Å². The van der Waals surface area contributed by atoms with Crippen molar-refractivity contribution in [3.05, 3.63) is 34.3 Å². The highest BCUT2D eigenvalue weighted by atomic mass is 79.9. The summed E-state index contributed by atoms with van der Waals surface area (Å²) in [5.41, 5.74) is 0.630. The van der Waals surface area contributed by atoms with Crippen molar-refractivity contribution in [1.29, 1.82) is 0 Å². The van der Waals surface area contributed by atoms with Crippen molar-refractivity contribution in [2.24, 2.45) is 11.8 Å². The van der Waals surface area contributed by atoms with Crippen molar-refractivity contribution in [1.82, 2.24) is 10.2 Å². The Bertz CT molecular complexity index is 527. The number of benzene rings is 1. The van der Waals surface area contributed by atoms with Crippen molar-refractivity contribution in [3.8, 4) is 0 Å². The molecular formula is C18H25BrN2O. The summed E-state index contributed by atoms with van der Waals surface area (Å²) in [7, 11) is 0. The lowest BCUT2D eigenvalue weighted by Gasteiger charge is -2.32. The van der Waals surface area contributed by atoms with E-state index < -0.39 is 5.41 Å². The Morgan fingerprint density at radius 3 is 2.23 bits per heavy atom. The van der Waals surface area contributed by atoms with Crippen LogP contribution in [0.4, 0.5) is 0 Å². The first kappa shape index (κ1) is 16.0. The first-order chi connectivity index (χ1) is 10.5. The fourth-order valence-electron chi connectivity index (χ4n) is 3.81. The summed E-state index contributed by atoms with van der Waals surface area (Å²) >= 11 is 3.46. The van der Waals surface area contributed by atoms with Crippen LogP contribution in [-0.2, 0) is 10.2 Å². The van der Waals surface area contributed by atoms with Gasteiger partial charge in [-0.25, -0.2) is 0 Å². The van der Waals surface area contributed by atoms with Gasteiger partial charge in [0.15, 0.2) is 0 Å². The largest absolute Gasteiger partial charge is 0.342 e. The number of fused-ring (bicyclic) bond motifs is 1. The zero-order chi connectivity index (χ0) is 15.7. The van der Waals surface area contributed by atoms with E-state index in [2.05, 4.69) is 38.3 Å². The normalized spacial score (nSPS) is 25.7. The van der Waals surface area contributed by atoms with E-state index in [4.69, 9.17) is 0 Å². The highest BCUT2D eigenvalue weighted by molar-refractivity contribution is 9.10. The Labute approximate surface area is 141 Å². The maximum Gasteiger partial charge on any atom is 0.232 e. The minimum Gasteiger partial charge on any atom is -0.342 e. The van der Waals surface area contributed by atoms with Crippen LogP contribution in [0.1, 0.15) is 32.3 Å². The molecule has 4 heteroatoms. The summed E-state index contributed by atoms with van der Waals surface area (Å²) in [6, 6.07) is 8.14. The van der Waals surface area contributed by atoms with E-state index in [0.717, 1.165) is 60.9 Å². The average Bonchev–Trinajstić information content (AvgIpc) is 2.86. The van der Waals surface area contributed by atoms with Gasteiger partial charge in [-0.1, -0.05) is 28.1 Å². The molecule has 0 radical (unpaired) electrons. The second kappa shape index (κ2) is 6.32. The van der Waals surface area contributed by atoms with Gasteiger partial charge in [0, 0.05) is 17.6 Å². The van der Waals surface area contributed by atoms with Crippen LogP contribution in [-0.4, -0.2) is 37.0 Å². The summed E-state index contributed by atoms with van der Waals surface area (Å²) < 4.78 is 1.05. The maximum atomic E-state index is 13.1. The lowest BCUT2D eigenvalue weighted by molar-refractivity contribution is -0.136. The van der Waals surface area contributed by atoms with Crippen molar-refractivity contribution in [3.63, 3.8) is 0 Å². The average molecular weight is 365 g/mol. The molecule has 2 heterocycles. The number of nitrogens with one attached hydrogen (secondary N) is 1. The standard InChI is InChI=1S/C18H25BrN2O/c1-18(2,15-3-5-16(19)6-4-15)17(22)21-9-7-13-11-20-12-14(13)8-10-21/h3-6,13-14,20H,7-12H2,1-2H3/t13-,14+. The van der Waals surface area contributed by atoms with Crippen molar-refractivity contribution < 1.29 is 4.79 Å². The molecule has 1 aromatic rings. The van der Waals surface area contributed by atoms with E-state index >= 15 is 0 Å². The molecule has 0 aliphatic carbocycles. The Morgan fingerprint density at radius 1 is 1.14 bits per heavy atom. The van der Waals surface area contributed by atoms with Gasteiger partial charge in [0.2, 0.25) is 5.91 Å². The molecular weight excluding hydrogens is 340 g/mol. The van der Waals surface area contributed by atoms with E-state index in [1.54, 1.807) is 0 Å². The quantitative estimate of drug-likeness (QED) is 0.873. The fraction of sp³-hybridized carbons (Fsp3) is 0.611. The molecule has 0 aromatic heterocycles. The minimum atomic E-state index is -0.460. The number of likely N-dealkylation sites (tertiary alicyclic amines) is 1. The first-order valence-corrected chi connectivity index (χ1v) is 9.04. The Kier molecular flexibility index (Phi) is 4.60. The van der Waals surface area contributed by atoms with Gasteiger partial charge in [0.1, 0.15) is 0 Å². The summed E-state index contributed by atoms with van der Waals surface area (Å²) in [6.45, 7) is 8.16. The van der Waals surface area contributed by atoms with Gasteiger partial charge in [-0.2, -0.15) is 0 Å². The van der Waals surface area contributed by atoms with Crippen LogP contribution in [0.25, 0.3) is 0 Å². The van der Waals surface area contributed by atoms with Crippen LogP contribution < -0.4 is 5.32 Å². The molecule has 120 valence electrons. The summed E-state index contributed by atoms with van der Waals surface area (Å²) in [5.74, 6) is 1.78. The van der Waals surface area contributed by atoms with Gasteiger partial charge in [0.05, 0.1) is 5.41 Å². The number of hydrogen-bond acceptors (Lipinski definition) is 2. The highest BCUT2D eigenvalue weighted by Gasteiger charge is 2.37. The predicted molar refractivity (Wildman–Crippen MR) is 92.8 cm³/mol. The van der Waals surface area contributed by atoms with Gasteiger partial charge < -0.3 is 10.2 Å². The zero-order valence-corrected chi connectivity index (χ0v) is 15.0. The smallest absolute Gasteiger partial charge is 0.232 e. The monoisotopic (exact) mass is 364 g/mol. The van der Waals surface area contributed by atoms with Crippen LogP contribution in [0.5, 0.6) is 0 Å². The van der Waals surface area contributed by atoms with E-state index in [0.29, 0.717) is 0 Å². The summed E-state index contributed by atoms with van der Waals surface area (Å²) in [5, 5.41) is 3.49. The minimum absolute atomic E-state index is 0.266. The molecule has 0 unspecified atom stereocenters. The molecule has 0 bridgehead atoms. The molecule has 1 N–H and O–H groups in total. The van der Waals surface area contributed by atoms with Gasteiger partial charge in [-0.3, -0.25) is 4.79 Å². The second-order valence-electron chi connectivity index (χ2n) is 7.18. The molecule has 2 aliphatic heterocycles. The Hall–Kier alpha value is -0.870. The van der Waals surface area contributed by atoms with Crippen LogP contribution in [0.15, 0.2) is 28.7 Å². The van der Waals surface area contributed by atoms with E-state index in [-0.39, 0.29) is 5.91 Å². The Morgan fingerprint density at radius 2 is 1.68 bits per heavy atom. The maximum absolute atomic E-state index is 13.1. The third kappa shape index (κ3) is 3.09. The van der Waals surface area contributed by atoms with Gasteiger partial charge in [-0.15, -0.1) is 0 Å². The SMILES string of the molecule is CC(C)(C(=O)N1CC[C@@H]2CNC[C@@H]2CC1)c1ccc(Br)cc1. The lowest BCUT2D eigenvalue weighted by atomic mass is 9.83. The summed E-state index contributed by atoms with van der Waals surface area (Å²) in [6.07, 6.45) is 2.28. The number of halogens is 1. The van der Waals surface area contributed by atoms with Gasteiger partial charge in [-0.05, 0) is 69.3 Å². The van der Waals surface area contributed by atoms with Gasteiger partial charge >= 0.3 is 0 Å². The lowest BCUT2D eigenvalue weighted by Crippen LogP contribution is -2.44. The van der Waals surface area contributed by atoms with E-state index in [9.17, 15) is 4.79 Å². The van der Waals surface area contributed by atoms with Crippen molar-refractivity contribution >= 4 is 21.8 Å². The van der Waals surface area contributed by atoms with Gasteiger partial charge in [0.25, 0.3) is 0 Å². The highest BCUT2D eigenvalue weighted by Crippen LogP contribution is 2.31. The molecule has 2 atom stereocenters. The molecule has 3 nitrogen and oxygen atoms in total. The number of hydrogen-bond donors (Lipinski definition) is 1. The van der Waals surface area contributed by atoms with Crippen LogP contribution >= 0.6 is 15.9 Å². The zero-order valence-electron chi connectivity index (χ0n) is 13.4. The van der Waals surface area contributed by atoms with E-state index in [1.807, 2.05) is 26.0 Å². The second-order valence-corrected chi connectivity index (χ2v) is 8.10. The van der Waals surface area contributed by atoms with Crippen LogP contribution in [0.2, 0.25) is 0 Å². The van der Waals surface area contributed by atoms with Crippen molar-refractivity contribution in [2.45, 2.75) is 32.1 Å². The molecule has 22 heavy (non-hydrogen) atoms. The first-order valence-electron chi connectivity index (χ1n) is 8.24. The number of rotatable bonds is 2. The van der Waals surface area contributed by atoms with E-state index in [1.165, 1.54) is 0 Å². The predicted octanol–water partition coefficient (Wildman–Crippen LogP) is 3.18. The number of amides is 1. The third-order valence-corrected chi connectivity index (χ3v) is 5.94. The molecule has 3 rings (SSSR count). The van der Waals surface area contributed by atoms with Crippen LogP contribution in [0, 0.1) is 11.8 Å². The fourth-order valence-corrected chi connectivity index (χ4v) is 4.07. The molecule has 0 spiro atoms. The summed E-state index contributed by atoms with van der Waals surface area (Å²) in [4.78, 5) is 15.2. The Balaban J connectivity index is 1.73. The molecule has 2 aliphatic rings. The number of carbonyl (C=O) groups is 1. The number of nitrogens with zero attached hydrogens (tertiary/aromatic N) is 1. The van der Waals surface area contributed by atoms with Crippen LogP contribution in [0.3, 0.4) is 0 Å². The topological polar surface area (TPSA) is 32.3 Å². The number of carbonyl (C=O) groups excluding carboxylic acids is 1. The third-order valence-electron chi connectivity index (χ3n) is 5.41. The molecule has 2 saturated heterocycles. The molecule has 0 saturated carbocycles. The molecule has 1 aromatic carbocycles. The molecule has 2 fully saturated rings.